The molecule has 1 aromatic rings. The molecule has 0 bridgehead atoms. The van der Waals surface area contributed by atoms with Crippen LogP contribution in [0.15, 0.2) is 22.7 Å². The number of piperidine rings is 1. The minimum absolute atomic E-state index is 0.0856. The van der Waals surface area contributed by atoms with Crippen LogP contribution in [0.25, 0.3) is 0 Å². The van der Waals surface area contributed by atoms with Gasteiger partial charge in [-0.1, -0.05) is 36.7 Å². The highest BCUT2D eigenvalue weighted by Gasteiger charge is 2.28. The standard InChI is InChI=1S/C20H28BrN3O3/c1-5-17(22-14(4)25)19(26)23-18-7-6-15(21)9-16(18)20(27)24-10-12(2)8-13(3)11-24/h6-7,9,12-13,17H,5,8,10-11H2,1-4H3,(H,22,25)(H,23,26)/t12-,13+,17-/m1/s1. The highest BCUT2D eigenvalue weighted by molar-refractivity contribution is 9.10. The number of anilines is 1. The Bertz CT molecular complexity index is 712. The van der Waals surface area contributed by atoms with E-state index >= 15 is 0 Å². The number of rotatable bonds is 5. The van der Waals surface area contributed by atoms with Gasteiger partial charge in [-0.15, -0.1) is 0 Å². The number of halogens is 1. The second-order valence-electron chi connectivity index (χ2n) is 7.50. The first kappa shape index (κ1) is 21.4. The van der Waals surface area contributed by atoms with Gasteiger partial charge in [-0.05, 0) is 42.9 Å². The Morgan fingerprint density at radius 1 is 1.22 bits per heavy atom. The van der Waals surface area contributed by atoms with E-state index in [4.69, 9.17) is 0 Å². The molecular formula is C20H28BrN3O3. The Kier molecular flexibility index (Phi) is 7.41. The molecule has 3 amide bonds. The zero-order valence-corrected chi connectivity index (χ0v) is 17.9. The fraction of sp³-hybridized carbons (Fsp3) is 0.550. The lowest BCUT2D eigenvalue weighted by Crippen LogP contribution is -2.44. The lowest BCUT2D eigenvalue weighted by molar-refractivity contribution is -0.125. The van der Waals surface area contributed by atoms with Crippen molar-refractivity contribution in [2.45, 2.75) is 46.6 Å². The third-order valence-electron chi connectivity index (χ3n) is 4.73. The van der Waals surface area contributed by atoms with Gasteiger partial charge in [-0.3, -0.25) is 14.4 Å². The molecule has 1 fully saturated rings. The second-order valence-corrected chi connectivity index (χ2v) is 8.41. The molecule has 1 aliphatic rings. The Labute approximate surface area is 169 Å². The van der Waals surface area contributed by atoms with E-state index in [0.717, 1.165) is 10.9 Å². The summed E-state index contributed by atoms with van der Waals surface area (Å²) in [5.41, 5.74) is 0.916. The van der Waals surface area contributed by atoms with Gasteiger partial charge in [0.25, 0.3) is 5.91 Å². The van der Waals surface area contributed by atoms with Crippen LogP contribution in [-0.2, 0) is 9.59 Å². The van der Waals surface area contributed by atoms with Crippen LogP contribution in [0.3, 0.4) is 0 Å². The zero-order valence-electron chi connectivity index (χ0n) is 16.3. The van der Waals surface area contributed by atoms with Crippen LogP contribution in [-0.4, -0.2) is 41.8 Å². The molecule has 3 atom stereocenters. The first-order chi connectivity index (χ1) is 12.7. The van der Waals surface area contributed by atoms with Crippen molar-refractivity contribution in [2.24, 2.45) is 11.8 Å². The summed E-state index contributed by atoms with van der Waals surface area (Å²) in [6, 6.07) is 4.60. The van der Waals surface area contributed by atoms with Crippen LogP contribution in [0, 0.1) is 11.8 Å². The van der Waals surface area contributed by atoms with E-state index in [-0.39, 0.29) is 17.7 Å². The molecule has 0 saturated carbocycles. The Hall–Kier alpha value is -1.89. The summed E-state index contributed by atoms with van der Waals surface area (Å²) in [4.78, 5) is 38.9. The van der Waals surface area contributed by atoms with Crippen LogP contribution in [0.5, 0.6) is 0 Å². The zero-order chi connectivity index (χ0) is 20.1. The molecule has 1 aliphatic heterocycles. The smallest absolute Gasteiger partial charge is 0.256 e. The quantitative estimate of drug-likeness (QED) is 0.740. The number of amides is 3. The van der Waals surface area contributed by atoms with E-state index in [2.05, 4.69) is 40.4 Å². The van der Waals surface area contributed by atoms with Crippen molar-refractivity contribution >= 4 is 39.3 Å². The first-order valence-corrected chi connectivity index (χ1v) is 10.2. The highest BCUT2D eigenvalue weighted by atomic mass is 79.9. The van der Waals surface area contributed by atoms with Crippen molar-refractivity contribution < 1.29 is 14.4 Å². The molecule has 1 aromatic carbocycles. The topological polar surface area (TPSA) is 78.5 Å². The molecule has 27 heavy (non-hydrogen) atoms. The summed E-state index contributed by atoms with van der Waals surface area (Å²) < 4.78 is 0.774. The lowest BCUT2D eigenvalue weighted by atomic mass is 9.91. The molecule has 6 nitrogen and oxygen atoms in total. The van der Waals surface area contributed by atoms with Gasteiger partial charge in [0, 0.05) is 24.5 Å². The molecule has 1 saturated heterocycles. The minimum Gasteiger partial charge on any atom is -0.345 e. The number of carbonyl (C=O) groups excluding carboxylic acids is 3. The summed E-state index contributed by atoms with van der Waals surface area (Å²) in [5.74, 6) is 0.224. The summed E-state index contributed by atoms with van der Waals surface area (Å²) >= 11 is 3.41. The van der Waals surface area contributed by atoms with Gasteiger partial charge in [-0.2, -0.15) is 0 Å². The number of hydrogen-bond donors (Lipinski definition) is 2. The number of benzene rings is 1. The molecule has 0 radical (unpaired) electrons. The SMILES string of the molecule is CC[C@@H](NC(C)=O)C(=O)Nc1ccc(Br)cc1C(=O)N1C[C@H](C)C[C@H](C)C1. The second kappa shape index (κ2) is 9.35. The van der Waals surface area contributed by atoms with E-state index in [1.165, 1.54) is 6.92 Å². The summed E-state index contributed by atoms with van der Waals surface area (Å²) in [6.45, 7) is 8.93. The number of hydrogen-bond acceptors (Lipinski definition) is 3. The Morgan fingerprint density at radius 2 is 1.85 bits per heavy atom. The van der Waals surface area contributed by atoms with Crippen LogP contribution >= 0.6 is 15.9 Å². The van der Waals surface area contributed by atoms with Crippen molar-refractivity contribution in [2.75, 3.05) is 18.4 Å². The third-order valence-corrected chi connectivity index (χ3v) is 5.22. The number of likely N-dealkylation sites (tertiary alicyclic amines) is 1. The lowest BCUT2D eigenvalue weighted by Gasteiger charge is -2.35. The van der Waals surface area contributed by atoms with Gasteiger partial charge in [0.15, 0.2) is 0 Å². The van der Waals surface area contributed by atoms with Gasteiger partial charge in [-0.25, -0.2) is 0 Å². The van der Waals surface area contributed by atoms with Crippen molar-refractivity contribution in [3.63, 3.8) is 0 Å². The molecule has 0 spiro atoms. The maximum atomic E-state index is 13.1. The predicted octanol–water partition coefficient (Wildman–Crippen LogP) is 3.42. The molecule has 1 heterocycles. The van der Waals surface area contributed by atoms with Gasteiger partial charge >= 0.3 is 0 Å². The highest BCUT2D eigenvalue weighted by Crippen LogP contribution is 2.27. The molecule has 2 rings (SSSR count). The molecule has 0 aromatic heterocycles. The largest absolute Gasteiger partial charge is 0.345 e. The van der Waals surface area contributed by atoms with Gasteiger partial charge in [0.2, 0.25) is 11.8 Å². The maximum Gasteiger partial charge on any atom is 0.256 e. The fourth-order valence-corrected chi connectivity index (χ4v) is 3.98. The molecular weight excluding hydrogens is 410 g/mol. The van der Waals surface area contributed by atoms with Crippen molar-refractivity contribution in [3.8, 4) is 0 Å². The molecule has 7 heteroatoms. The molecule has 0 unspecified atom stereocenters. The summed E-state index contributed by atoms with van der Waals surface area (Å²) in [6.07, 6.45) is 1.58. The Morgan fingerprint density at radius 3 is 2.41 bits per heavy atom. The maximum absolute atomic E-state index is 13.1. The van der Waals surface area contributed by atoms with Crippen molar-refractivity contribution in [3.05, 3.63) is 28.2 Å². The van der Waals surface area contributed by atoms with E-state index < -0.39 is 6.04 Å². The van der Waals surface area contributed by atoms with Crippen LogP contribution < -0.4 is 10.6 Å². The molecule has 148 valence electrons. The first-order valence-electron chi connectivity index (χ1n) is 9.38. The number of carbonyl (C=O) groups is 3. The fourth-order valence-electron chi connectivity index (χ4n) is 3.62. The summed E-state index contributed by atoms with van der Waals surface area (Å²) in [5, 5.41) is 5.44. The monoisotopic (exact) mass is 437 g/mol. The summed E-state index contributed by atoms with van der Waals surface area (Å²) in [7, 11) is 0. The van der Waals surface area contributed by atoms with E-state index in [9.17, 15) is 14.4 Å². The van der Waals surface area contributed by atoms with Gasteiger partial charge < -0.3 is 15.5 Å². The van der Waals surface area contributed by atoms with Crippen LogP contribution in [0.4, 0.5) is 5.69 Å². The van der Waals surface area contributed by atoms with Gasteiger partial charge in [0.1, 0.15) is 6.04 Å². The van der Waals surface area contributed by atoms with Gasteiger partial charge in [0.05, 0.1) is 11.3 Å². The average Bonchev–Trinajstić information content (AvgIpc) is 2.59. The van der Waals surface area contributed by atoms with Crippen molar-refractivity contribution in [1.29, 1.82) is 0 Å². The average molecular weight is 438 g/mol. The predicted molar refractivity (Wildman–Crippen MR) is 110 cm³/mol. The van der Waals surface area contributed by atoms with Crippen LogP contribution in [0.2, 0.25) is 0 Å². The minimum atomic E-state index is -0.635. The molecule has 2 N–H and O–H groups in total. The third kappa shape index (κ3) is 5.79. The van der Waals surface area contributed by atoms with E-state index in [0.29, 0.717) is 42.6 Å². The normalized spacial score (nSPS) is 20.7. The number of nitrogens with one attached hydrogen (secondary N) is 2. The van der Waals surface area contributed by atoms with E-state index in [1.807, 2.05) is 11.8 Å². The molecule has 0 aliphatic carbocycles. The Balaban J connectivity index is 2.24. The van der Waals surface area contributed by atoms with Crippen LogP contribution in [0.1, 0.15) is 50.9 Å². The van der Waals surface area contributed by atoms with E-state index in [1.54, 1.807) is 18.2 Å². The van der Waals surface area contributed by atoms with Crippen molar-refractivity contribution in [1.82, 2.24) is 10.2 Å². The number of nitrogens with zero attached hydrogens (tertiary/aromatic N) is 1.